The van der Waals surface area contributed by atoms with Crippen molar-refractivity contribution in [3.05, 3.63) is 70.7 Å². The number of benzene rings is 1. The van der Waals surface area contributed by atoms with Crippen LogP contribution in [0, 0.1) is 13.8 Å². The molecule has 2 heterocycles. The number of carbonyl (C=O) groups excluding carboxylic acids is 3. The fourth-order valence-electron chi connectivity index (χ4n) is 2.70. The van der Waals surface area contributed by atoms with E-state index in [4.69, 9.17) is 10.3 Å². The van der Waals surface area contributed by atoms with Crippen LogP contribution in [0.3, 0.4) is 0 Å². The van der Waals surface area contributed by atoms with Gasteiger partial charge in [-0.3, -0.25) is 14.4 Å². The molecule has 3 amide bonds. The van der Waals surface area contributed by atoms with Gasteiger partial charge >= 0.3 is 0 Å². The van der Waals surface area contributed by atoms with Crippen LogP contribution in [-0.2, 0) is 10.5 Å². The largest absolute Gasteiger partial charge is 0.368 e. The molecule has 1 aromatic carbocycles. The molecule has 4 N–H and O–H groups in total. The van der Waals surface area contributed by atoms with E-state index in [-0.39, 0.29) is 12.5 Å². The van der Waals surface area contributed by atoms with Crippen molar-refractivity contribution in [3.63, 3.8) is 0 Å². The third-order valence-electron chi connectivity index (χ3n) is 4.38. The van der Waals surface area contributed by atoms with Gasteiger partial charge in [-0.25, -0.2) is 4.98 Å². The third-order valence-corrected chi connectivity index (χ3v) is 5.41. The summed E-state index contributed by atoms with van der Waals surface area (Å²) in [5.74, 6) is -0.0565. The highest BCUT2D eigenvalue weighted by Crippen LogP contribution is 2.27. The summed E-state index contributed by atoms with van der Waals surface area (Å²) < 4.78 is 5.18. The van der Waals surface area contributed by atoms with Gasteiger partial charge in [0.2, 0.25) is 5.91 Å². The van der Waals surface area contributed by atoms with E-state index in [1.54, 1.807) is 42.6 Å². The number of carbonyl (C=O) groups is 3. The number of nitrogens with one attached hydrogen (secondary N) is 2. The Bertz CT molecular complexity index is 1090. The number of aryl methyl sites for hydroxylation is 2. The van der Waals surface area contributed by atoms with Crippen LogP contribution in [0.1, 0.15) is 37.7 Å². The minimum absolute atomic E-state index is 0.243. The van der Waals surface area contributed by atoms with Gasteiger partial charge in [0, 0.05) is 28.8 Å². The van der Waals surface area contributed by atoms with Crippen molar-refractivity contribution in [1.29, 1.82) is 0 Å². The molecule has 160 valence electrons. The predicted molar refractivity (Wildman–Crippen MR) is 116 cm³/mol. The summed E-state index contributed by atoms with van der Waals surface area (Å²) >= 11 is 1.42. The Hall–Kier alpha value is -3.66. The first-order valence-electron chi connectivity index (χ1n) is 9.32. The molecular weight excluding hydrogens is 418 g/mol. The number of pyridine rings is 1. The van der Waals surface area contributed by atoms with Gasteiger partial charge in [0.25, 0.3) is 11.8 Å². The molecule has 0 aliphatic carbocycles. The second kappa shape index (κ2) is 9.90. The third kappa shape index (κ3) is 5.70. The van der Waals surface area contributed by atoms with Gasteiger partial charge in [-0.1, -0.05) is 5.16 Å². The molecule has 0 fully saturated rings. The van der Waals surface area contributed by atoms with Crippen LogP contribution < -0.4 is 16.4 Å². The lowest BCUT2D eigenvalue weighted by atomic mass is 10.2. The van der Waals surface area contributed by atoms with E-state index in [2.05, 4.69) is 20.8 Å². The van der Waals surface area contributed by atoms with Crippen molar-refractivity contribution in [3.8, 4) is 0 Å². The SMILES string of the molecule is Cc1noc(C)c1CSc1ncccc1C(=O)Nc1ccc(C(=O)NCC(N)=O)cc1. The Balaban J connectivity index is 1.67. The molecule has 3 aromatic rings. The van der Waals surface area contributed by atoms with Crippen molar-refractivity contribution in [2.24, 2.45) is 5.73 Å². The maximum absolute atomic E-state index is 12.8. The quantitative estimate of drug-likeness (QED) is 0.458. The Labute approximate surface area is 182 Å². The molecule has 0 aliphatic rings. The topological polar surface area (TPSA) is 140 Å². The normalized spacial score (nSPS) is 10.5. The zero-order chi connectivity index (χ0) is 22.4. The first-order valence-corrected chi connectivity index (χ1v) is 10.3. The molecule has 0 atom stereocenters. The Morgan fingerprint density at radius 2 is 1.84 bits per heavy atom. The van der Waals surface area contributed by atoms with E-state index < -0.39 is 11.8 Å². The molecule has 3 rings (SSSR count). The van der Waals surface area contributed by atoms with E-state index >= 15 is 0 Å². The summed E-state index contributed by atoms with van der Waals surface area (Å²) in [7, 11) is 0. The van der Waals surface area contributed by atoms with Gasteiger partial charge in [-0.15, -0.1) is 11.8 Å². The molecule has 0 saturated heterocycles. The summed E-state index contributed by atoms with van der Waals surface area (Å²) in [5, 5.41) is 9.73. The monoisotopic (exact) mass is 439 g/mol. The lowest BCUT2D eigenvalue weighted by Crippen LogP contribution is -2.33. The van der Waals surface area contributed by atoms with E-state index in [0.29, 0.717) is 27.6 Å². The van der Waals surface area contributed by atoms with Crippen LogP contribution in [0.4, 0.5) is 5.69 Å². The summed E-state index contributed by atoms with van der Waals surface area (Å²) in [6.45, 7) is 3.47. The van der Waals surface area contributed by atoms with Crippen molar-refractivity contribution >= 4 is 35.2 Å². The van der Waals surface area contributed by atoms with Gasteiger partial charge in [0.05, 0.1) is 17.8 Å². The summed E-state index contributed by atoms with van der Waals surface area (Å²) in [6, 6.07) is 9.68. The number of thioether (sulfide) groups is 1. The van der Waals surface area contributed by atoms with E-state index in [1.807, 2.05) is 13.8 Å². The molecule has 10 heteroatoms. The van der Waals surface area contributed by atoms with Gasteiger partial charge < -0.3 is 20.9 Å². The summed E-state index contributed by atoms with van der Waals surface area (Å²) in [6.07, 6.45) is 1.63. The molecule has 0 unspecified atom stereocenters. The minimum Gasteiger partial charge on any atom is -0.368 e. The zero-order valence-corrected chi connectivity index (χ0v) is 17.8. The number of aromatic nitrogens is 2. The molecule has 0 bridgehead atoms. The average Bonchev–Trinajstić information content (AvgIpc) is 3.08. The van der Waals surface area contributed by atoms with Crippen LogP contribution >= 0.6 is 11.8 Å². The predicted octanol–water partition coefficient (Wildman–Crippen LogP) is 2.45. The van der Waals surface area contributed by atoms with Gasteiger partial charge in [-0.05, 0) is 50.2 Å². The fourth-order valence-corrected chi connectivity index (χ4v) is 3.84. The van der Waals surface area contributed by atoms with E-state index in [1.165, 1.54) is 11.8 Å². The van der Waals surface area contributed by atoms with Crippen LogP contribution in [0.5, 0.6) is 0 Å². The average molecular weight is 439 g/mol. The molecule has 0 aliphatic heterocycles. The molecule has 9 nitrogen and oxygen atoms in total. The van der Waals surface area contributed by atoms with E-state index in [9.17, 15) is 14.4 Å². The first-order chi connectivity index (χ1) is 14.8. The van der Waals surface area contributed by atoms with Crippen LogP contribution in [0.2, 0.25) is 0 Å². The number of primary amides is 1. The standard InChI is InChI=1S/C21H21N5O4S/c1-12-17(13(2)30-26-12)11-31-21-16(4-3-9-23-21)20(29)25-15-7-5-14(6-8-15)19(28)24-10-18(22)27/h3-9H,10-11H2,1-2H3,(H2,22,27)(H,24,28)(H,25,29). The van der Waals surface area contributed by atoms with Crippen molar-refractivity contribution in [1.82, 2.24) is 15.5 Å². The number of hydrogen-bond donors (Lipinski definition) is 3. The first kappa shape index (κ1) is 22.0. The number of rotatable bonds is 8. The summed E-state index contributed by atoms with van der Waals surface area (Å²) in [4.78, 5) is 39.8. The van der Waals surface area contributed by atoms with Crippen molar-refractivity contribution in [2.45, 2.75) is 24.6 Å². The minimum atomic E-state index is -0.628. The molecule has 31 heavy (non-hydrogen) atoms. The number of nitrogens with zero attached hydrogens (tertiary/aromatic N) is 2. The molecule has 0 saturated carbocycles. The number of amides is 3. The van der Waals surface area contributed by atoms with Gasteiger partial charge in [0.15, 0.2) is 0 Å². The molecule has 2 aromatic heterocycles. The molecule has 0 radical (unpaired) electrons. The lowest BCUT2D eigenvalue weighted by Gasteiger charge is -2.10. The maximum atomic E-state index is 12.8. The smallest absolute Gasteiger partial charge is 0.258 e. The molecule has 0 spiro atoms. The second-order valence-electron chi connectivity index (χ2n) is 6.63. The fraction of sp³-hybridized carbons (Fsp3) is 0.190. The highest BCUT2D eigenvalue weighted by Gasteiger charge is 2.16. The zero-order valence-electron chi connectivity index (χ0n) is 17.0. The lowest BCUT2D eigenvalue weighted by molar-refractivity contribution is -0.117. The highest BCUT2D eigenvalue weighted by atomic mass is 32.2. The Morgan fingerprint density at radius 3 is 2.48 bits per heavy atom. The van der Waals surface area contributed by atoms with Crippen LogP contribution in [0.15, 0.2) is 52.1 Å². The Kier molecular flexibility index (Phi) is 7.03. The number of nitrogens with two attached hydrogens (primary N) is 1. The van der Waals surface area contributed by atoms with Crippen LogP contribution in [0.25, 0.3) is 0 Å². The van der Waals surface area contributed by atoms with Crippen LogP contribution in [-0.4, -0.2) is 34.4 Å². The molecular formula is C21H21N5O4S. The van der Waals surface area contributed by atoms with Crippen molar-refractivity contribution < 1.29 is 18.9 Å². The highest BCUT2D eigenvalue weighted by molar-refractivity contribution is 7.98. The Morgan fingerprint density at radius 1 is 1.10 bits per heavy atom. The number of anilines is 1. The summed E-state index contributed by atoms with van der Waals surface area (Å²) in [5.41, 5.74) is 8.10. The van der Waals surface area contributed by atoms with E-state index in [0.717, 1.165) is 17.0 Å². The second-order valence-corrected chi connectivity index (χ2v) is 7.59. The van der Waals surface area contributed by atoms with Gasteiger partial charge in [0.1, 0.15) is 10.8 Å². The maximum Gasteiger partial charge on any atom is 0.258 e. The van der Waals surface area contributed by atoms with Crippen molar-refractivity contribution in [2.75, 3.05) is 11.9 Å². The number of hydrogen-bond acceptors (Lipinski definition) is 7. The van der Waals surface area contributed by atoms with Gasteiger partial charge in [-0.2, -0.15) is 0 Å².